The molecule has 56 heavy (non-hydrogen) atoms. The topological polar surface area (TPSA) is 51.8 Å². The van der Waals surface area contributed by atoms with E-state index in [1.807, 2.05) is 42.5 Å². The van der Waals surface area contributed by atoms with Gasteiger partial charge in [-0.3, -0.25) is 0 Å². The Kier molecular flexibility index (Phi) is 7.36. The predicted molar refractivity (Wildman–Crippen MR) is 226 cm³/mol. The van der Waals surface area contributed by atoms with Crippen molar-refractivity contribution in [1.29, 1.82) is 0 Å². The van der Waals surface area contributed by atoms with E-state index < -0.39 is 5.41 Å². The van der Waals surface area contributed by atoms with Crippen LogP contribution in [-0.2, 0) is 5.41 Å². The highest BCUT2D eigenvalue weighted by atomic mass is 16.3. The molecule has 0 unspecified atom stereocenters. The molecule has 0 amide bonds. The Hall–Kier alpha value is -7.43. The van der Waals surface area contributed by atoms with Crippen molar-refractivity contribution >= 4 is 21.9 Å². The molecule has 0 saturated heterocycles. The lowest BCUT2D eigenvalue weighted by Crippen LogP contribution is -2.28. The Balaban J connectivity index is 1.07. The Morgan fingerprint density at radius 3 is 1.54 bits per heavy atom. The molecule has 4 heteroatoms. The minimum atomic E-state index is -0.500. The number of benzene rings is 8. The van der Waals surface area contributed by atoms with Gasteiger partial charge in [0.25, 0.3) is 0 Å². The molecule has 0 bridgehead atoms. The van der Waals surface area contributed by atoms with Crippen molar-refractivity contribution in [2.45, 2.75) is 5.41 Å². The van der Waals surface area contributed by atoms with Crippen molar-refractivity contribution < 1.29 is 4.42 Å². The summed E-state index contributed by atoms with van der Waals surface area (Å²) in [4.78, 5) is 15.2. The zero-order chi connectivity index (χ0) is 37.1. The summed E-state index contributed by atoms with van der Waals surface area (Å²) in [5.74, 6) is 1.85. The molecule has 262 valence electrons. The molecule has 0 atom stereocenters. The molecule has 2 heterocycles. The lowest BCUT2D eigenvalue weighted by molar-refractivity contribution is 0.665. The van der Waals surface area contributed by atoms with E-state index in [4.69, 9.17) is 19.4 Å². The van der Waals surface area contributed by atoms with E-state index in [1.165, 1.54) is 33.4 Å². The van der Waals surface area contributed by atoms with E-state index >= 15 is 0 Å². The zero-order valence-electron chi connectivity index (χ0n) is 30.3. The number of nitrogens with zero attached hydrogens (tertiary/aromatic N) is 3. The number of hydrogen-bond donors (Lipinski definition) is 0. The van der Waals surface area contributed by atoms with E-state index in [1.54, 1.807) is 0 Å². The van der Waals surface area contributed by atoms with Gasteiger partial charge in [0.1, 0.15) is 11.2 Å². The van der Waals surface area contributed by atoms with Crippen LogP contribution >= 0.6 is 0 Å². The average molecular weight is 716 g/mol. The monoisotopic (exact) mass is 715 g/mol. The van der Waals surface area contributed by atoms with Gasteiger partial charge in [-0.2, -0.15) is 0 Å². The average Bonchev–Trinajstić information content (AvgIpc) is 3.80. The van der Waals surface area contributed by atoms with Crippen molar-refractivity contribution in [3.63, 3.8) is 0 Å². The summed E-state index contributed by atoms with van der Waals surface area (Å²) in [5, 5.41) is 2.06. The van der Waals surface area contributed by atoms with Gasteiger partial charge in [0, 0.05) is 27.5 Å². The third-order valence-corrected chi connectivity index (χ3v) is 11.2. The summed E-state index contributed by atoms with van der Waals surface area (Å²) in [6, 6.07) is 70.4. The molecule has 0 aliphatic heterocycles. The summed E-state index contributed by atoms with van der Waals surface area (Å²) in [7, 11) is 0. The standard InChI is InChI=1S/C52H33N3O/c1-4-15-34(16-5-1)36-19-14-20-37(31-36)50-53-49(35-17-6-2-7-18-35)54-51(55-50)38-27-30-47-44(32-38)43-29-28-40(33-48(43)56-47)52(39-21-8-3-9-22-39)45-25-12-10-23-41(45)42-24-11-13-26-46(42)52/h1-33H. The van der Waals surface area contributed by atoms with Crippen LogP contribution in [0.4, 0.5) is 0 Å². The van der Waals surface area contributed by atoms with Crippen molar-refractivity contribution in [2.24, 2.45) is 0 Å². The van der Waals surface area contributed by atoms with Crippen molar-refractivity contribution in [3.05, 3.63) is 222 Å². The maximum atomic E-state index is 6.69. The molecule has 10 aromatic rings. The van der Waals surface area contributed by atoms with Crippen LogP contribution in [0.25, 0.3) is 78.4 Å². The number of hydrogen-bond acceptors (Lipinski definition) is 4. The van der Waals surface area contributed by atoms with Crippen LogP contribution in [0.2, 0.25) is 0 Å². The first-order valence-electron chi connectivity index (χ1n) is 18.9. The lowest BCUT2D eigenvalue weighted by atomic mass is 9.67. The van der Waals surface area contributed by atoms with Gasteiger partial charge in [-0.05, 0) is 74.8 Å². The number of furan rings is 1. The van der Waals surface area contributed by atoms with Gasteiger partial charge in [0.2, 0.25) is 0 Å². The quantitative estimate of drug-likeness (QED) is 0.172. The Bertz CT molecular complexity index is 3030. The number of fused-ring (bicyclic) bond motifs is 6. The van der Waals surface area contributed by atoms with Gasteiger partial charge < -0.3 is 4.42 Å². The van der Waals surface area contributed by atoms with Gasteiger partial charge >= 0.3 is 0 Å². The van der Waals surface area contributed by atoms with Gasteiger partial charge in [-0.15, -0.1) is 0 Å². The minimum absolute atomic E-state index is 0.500. The molecule has 0 N–H and O–H groups in total. The SMILES string of the molecule is c1ccc(-c2cccc(-c3nc(-c4ccccc4)nc(-c4ccc5oc6cc(C7(c8ccccc8)c8ccccc8-c8ccccc87)ccc6c5c4)n3)c2)cc1. The zero-order valence-corrected chi connectivity index (χ0v) is 30.3. The van der Waals surface area contributed by atoms with Gasteiger partial charge in [0.15, 0.2) is 17.5 Å². The number of aromatic nitrogens is 3. The Morgan fingerprint density at radius 1 is 0.321 bits per heavy atom. The fraction of sp³-hybridized carbons (Fsp3) is 0.0192. The van der Waals surface area contributed by atoms with Crippen molar-refractivity contribution in [3.8, 4) is 56.4 Å². The highest BCUT2D eigenvalue weighted by Gasteiger charge is 2.46. The van der Waals surface area contributed by atoms with Crippen LogP contribution in [0, 0.1) is 0 Å². The molecule has 11 rings (SSSR count). The largest absolute Gasteiger partial charge is 0.456 e. The summed E-state index contributed by atoms with van der Waals surface area (Å²) in [5.41, 5.74) is 13.6. The Morgan fingerprint density at radius 2 is 0.857 bits per heavy atom. The summed E-state index contributed by atoms with van der Waals surface area (Å²) < 4.78 is 6.69. The summed E-state index contributed by atoms with van der Waals surface area (Å²) >= 11 is 0. The van der Waals surface area contributed by atoms with E-state index in [2.05, 4.69) is 158 Å². The van der Waals surface area contributed by atoms with Gasteiger partial charge in [-0.1, -0.05) is 170 Å². The second-order valence-electron chi connectivity index (χ2n) is 14.4. The summed E-state index contributed by atoms with van der Waals surface area (Å²) in [6.07, 6.45) is 0. The van der Waals surface area contributed by atoms with Crippen molar-refractivity contribution in [1.82, 2.24) is 15.0 Å². The fourth-order valence-electron chi connectivity index (χ4n) is 8.68. The van der Waals surface area contributed by atoms with Crippen molar-refractivity contribution in [2.75, 3.05) is 0 Å². The van der Waals surface area contributed by atoms with Crippen LogP contribution in [0.5, 0.6) is 0 Å². The highest BCUT2D eigenvalue weighted by molar-refractivity contribution is 6.06. The molecule has 8 aromatic carbocycles. The van der Waals surface area contributed by atoms with Crippen LogP contribution in [0.1, 0.15) is 22.3 Å². The lowest BCUT2D eigenvalue weighted by Gasteiger charge is -2.33. The first-order chi connectivity index (χ1) is 27.7. The summed E-state index contributed by atoms with van der Waals surface area (Å²) in [6.45, 7) is 0. The maximum absolute atomic E-state index is 6.69. The molecule has 4 nitrogen and oxygen atoms in total. The second-order valence-corrected chi connectivity index (χ2v) is 14.4. The first kappa shape index (κ1) is 32.0. The minimum Gasteiger partial charge on any atom is -0.456 e. The molecule has 0 saturated carbocycles. The van der Waals surface area contributed by atoms with E-state index in [0.29, 0.717) is 17.5 Å². The van der Waals surface area contributed by atoms with E-state index in [0.717, 1.165) is 49.8 Å². The normalized spacial score (nSPS) is 12.8. The van der Waals surface area contributed by atoms with E-state index in [9.17, 15) is 0 Å². The highest BCUT2D eigenvalue weighted by Crippen LogP contribution is 2.56. The molecule has 0 fully saturated rings. The van der Waals surface area contributed by atoms with E-state index in [-0.39, 0.29) is 0 Å². The van der Waals surface area contributed by atoms with Crippen LogP contribution in [0.3, 0.4) is 0 Å². The molecule has 2 aromatic heterocycles. The van der Waals surface area contributed by atoms with Crippen LogP contribution in [0.15, 0.2) is 205 Å². The fourth-order valence-corrected chi connectivity index (χ4v) is 8.68. The first-order valence-corrected chi connectivity index (χ1v) is 18.9. The van der Waals surface area contributed by atoms with Gasteiger partial charge in [0.05, 0.1) is 5.41 Å². The van der Waals surface area contributed by atoms with Gasteiger partial charge in [-0.25, -0.2) is 15.0 Å². The second kappa shape index (κ2) is 12.9. The molecular formula is C52H33N3O. The van der Waals surface area contributed by atoms with Crippen LogP contribution < -0.4 is 0 Å². The molecular weight excluding hydrogens is 683 g/mol. The smallest absolute Gasteiger partial charge is 0.164 e. The third-order valence-electron chi connectivity index (χ3n) is 11.2. The predicted octanol–water partition coefficient (Wildman–Crippen LogP) is 12.8. The third kappa shape index (κ3) is 5.04. The number of rotatable bonds is 6. The van der Waals surface area contributed by atoms with Crippen LogP contribution in [-0.4, -0.2) is 15.0 Å². The molecule has 0 radical (unpaired) electrons. The molecule has 1 aliphatic carbocycles. The Labute approximate surface area is 324 Å². The molecule has 0 spiro atoms. The molecule has 1 aliphatic rings. The maximum Gasteiger partial charge on any atom is 0.164 e.